The Morgan fingerprint density at radius 2 is 2.00 bits per heavy atom. The molecule has 0 aliphatic carbocycles. The number of carbonyl (C=O) groups is 1. The average molecular weight is 230 g/mol. The molecular formula is C10H12ClNO3. The third-order valence-electron chi connectivity index (χ3n) is 1.97. The summed E-state index contributed by atoms with van der Waals surface area (Å²) in [6, 6.07) is 1.18. The molecule has 1 aromatic rings. The second kappa shape index (κ2) is 3.70. The first-order chi connectivity index (χ1) is 6.73. The van der Waals surface area contributed by atoms with Gasteiger partial charge in [0.05, 0.1) is 5.02 Å². The summed E-state index contributed by atoms with van der Waals surface area (Å²) in [5.74, 6) is -1.28. The number of hydrogen-bond acceptors (Lipinski definition) is 2. The largest absolute Gasteiger partial charge is 0.477 e. The van der Waals surface area contributed by atoms with Gasteiger partial charge in [-0.15, -0.1) is 0 Å². The second-order valence-corrected chi connectivity index (χ2v) is 4.70. The van der Waals surface area contributed by atoms with E-state index >= 15 is 0 Å². The van der Waals surface area contributed by atoms with Crippen molar-refractivity contribution in [1.82, 2.24) is 4.98 Å². The van der Waals surface area contributed by atoms with Crippen LogP contribution in [-0.2, 0) is 5.41 Å². The van der Waals surface area contributed by atoms with Crippen LogP contribution in [0.25, 0.3) is 0 Å². The van der Waals surface area contributed by atoms with Crippen LogP contribution >= 0.6 is 11.6 Å². The average Bonchev–Trinajstić information content (AvgIpc) is 2.06. The Balaban J connectivity index is 3.46. The van der Waals surface area contributed by atoms with Crippen molar-refractivity contribution in [3.63, 3.8) is 0 Å². The fourth-order valence-corrected chi connectivity index (χ4v) is 1.65. The van der Waals surface area contributed by atoms with E-state index < -0.39 is 11.5 Å². The number of pyridine rings is 1. The van der Waals surface area contributed by atoms with Gasteiger partial charge in [0.2, 0.25) is 0 Å². The van der Waals surface area contributed by atoms with Gasteiger partial charge < -0.3 is 10.1 Å². The van der Waals surface area contributed by atoms with Crippen molar-refractivity contribution in [3.8, 4) is 0 Å². The predicted molar refractivity (Wildman–Crippen MR) is 57.7 cm³/mol. The van der Waals surface area contributed by atoms with E-state index in [4.69, 9.17) is 16.7 Å². The molecule has 0 aromatic carbocycles. The van der Waals surface area contributed by atoms with Gasteiger partial charge in [0.25, 0.3) is 5.56 Å². The van der Waals surface area contributed by atoms with Crippen LogP contribution in [-0.4, -0.2) is 16.1 Å². The lowest BCUT2D eigenvalue weighted by atomic mass is 9.91. The van der Waals surface area contributed by atoms with E-state index in [1.807, 2.05) is 20.8 Å². The number of nitrogens with one attached hydrogen (secondary N) is 1. The summed E-state index contributed by atoms with van der Waals surface area (Å²) in [6.45, 7) is 5.64. The first kappa shape index (κ1) is 11.8. The highest BCUT2D eigenvalue weighted by atomic mass is 35.5. The highest BCUT2D eigenvalue weighted by Gasteiger charge is 2.21. The number of rotatable bonds is 1. The quantitative estimate of drug-likeness (QED) is 0.774. The van der Waals surface area contributed by atoms with Crippen LogP contribution in [0.1, 0.15) is 36.8 Å². The molecule has 0 saturated heterocycles. The van der Waals surface area contributed by atoms with E-state index in [-0.39, 0.29) is 16.0 Å². The molecule has 0 bridgehead atoms. The summed E-state index contributed by atoms with van der Waals surface area (Å²) in [5.41, 5.74) is -0.753. The summed E-state index contributed by atoms with van der Waals surface area (Å²) >= 11 is 5.90. The summed E-state index contributed by atoms with van der Waals surface area (Å²) in [4.78, 5) is 24.5. The molecule has 0 unspecified atom stereocenters. The Hall–Kier alpha value is -1.29. The van der Waals surface area contributed by atoms with Crippen LogP contribution in [0.4, 0.5) is 0 Å². The van der Waals surface area contributed by atoms with Crippen LogP contribution in [0.5, 0.6) is 0 Å². The van der Waals surface area contributed by atoms with Crippen LogP contribution in [0.2, 0.25) is 5.02 Å². The van der Waals surface area contributed by atoms with Gasteiger partial charge in [0, 0.05) is 11.1 Å². The standard InChI is InChI=1S/C10H12ClNO3/c1-10(2,3)7-6(11)4-5(9(14)15)8(13)12-7/h4H,1-3H3,(H,12,13)(H,14,15). The Labute approximate surface area is 91.9 Å². The monoisotopic (exact) mass is 229 g/mol. The number of carboxylic acid groups (broad SMARTS) is 1. The summed E-state index contributed by atoms with van der Waals surface area (Å²) in [6.07, 6.45) is 0. The molecular weight excluding hydrogens is 218 g/mol. The van der Waals surface area contributed by atoms with Crippen molar-refractivity contribution in [2.45, 2.75) is 26.2 Å². The number of carboxylic acids is 1. The van der Waals surface area contributed by atoms with Crippen LogP contribution < -0.4 is 5.56 Å². The highest BCUT2D eigenvalue weighted by Crippen LogP contribution is 2.26. The number of halogens is 1. The van der Waals surface area contributed by atoms with Gasteiger partial charge in [-0.05, 0) is 6.07 Å². The van der Waals surface area contributed by atoms with Crippen molar-refractivity contribution in [1.29, 1.82) is 0 Å². The van der Waals surface area contributed by atoms with E-state index in [1.54, 1.807) is 0 Å². The van der Waals surface area contributed by atoms with E-state index in [1.165, 1.54) is 6.07 Å². The minimum atomic E-state index is -1.28. The van der Waals surface area contributed by atoms with Crippen LogP contribution in [0, 0.1) is 0 Å². The summed E-state index contributed by atoms with van der Waals surface area (Å²) in [7, 11) is 0. The van der Waals surface area contributed by atoms with Gasteiger partial charge in [-0.25, -0.2) is 4.79 Å². The van der Waals surface area contributed by atoms with Gasteiger partial charge >= 0.3 is 5.97 Å². The van der Waals surface area contributed by atoms with Gasteiger partial charge in [-0.3, -0.25) is 4.79 Å². The molecule has 0 atom stereocenters. The molecule has 0 aliphatic heterocycles. The molecule has 15 heavy (non-hydrogen) atoms. The van der Waals surface area contributed by atoms with Crippen molar-refractivity contribution in [2.75, 3.05) is 0 Å². The molecule has 0 amide bonds. The zero-order chi connectivity index (χ0) is 11.8. The topological polar surface area (TPSA) is 70.2 Å². The molecule has 1 rings (SSSR count). The van der Waals surface area contributed by atoms with Crippen molar-refractivity contribution < 1.29 is 9.90 Å². The maximum Gasteiger partial charge on any atom is 0.341 e. The molecule has 0 fully saturated rings. The molecule has 0 radical (unpaired) electrons. The smallest absolute Gasteiger partial charge is 0.341 e. The molecule has 1 heterocycles. The maximum absolute atomic E-state index is 11.4. The number of H-pyrrole nitrogens is 1. The number of aromatic amines is 1. The molecule has 5 heteroatoms. The van der Waals surface area contributed by atoms with Gasteiger partial charge in [0.15, 0.2) is 0 Å². The third-order valence-corrected chi connectivity index (χ3v) is 2.27. The first-order valence-corrected chi connectivity index (χ1v) is 4.78. The predicted octanol–water partition coefficient (Wildman–Crippen LogP) is 2.02. The lowest BCUT2D eigenvalue weighted by molar-refractivity contribution is 0.0695. The van der Waals surface area contributed by atoms with Gasteiger partial charge in [-0.2, -0.15) is 0 Å². The lowest BCUT2D eigenvalue weighted by Crippen LogP contribution is -2.24. The molecule has 2 N–H and O–H groups in total. The molecule has 1 aromatic heterocycles. The maximum atomic E-state index is 11.4. The van der Waals surface area contributed by atoms with Gasteiger partial charge in [0.1, 0.15) is 5.56 Å². The van der Waals surface area contributed by atoms with E-state index in [2.05, 4.69) is 4.98 Å². The molecule has 4 nitrogen and oxygen atoms in total. The first-order valence-electron chi connectivity index (χ1n) is 4.40. The molecule has 82 valence electrons. The minimum absolute atomic E-state index is 0.263. The zero-order valence-corrected chi connectivity index (χ0v) is 9.47. The normalized spacial score (nSPS) is 11.5. The van der Waals surface area contributed by atoms with Crippen LogP contribution in [0.3, 0.4) is 0 Å². The molecule has 0 aliphatic rings. The fourth-order valence-electron chi connectivity index (χ4n) is 1.21. The third kappa shape index (κ3) is 2.39. The Morgan fingerprint density at radius 3 is 2.40 bits per heavy atom. The number of aromatic nitrogens is 1. The molecule has 0 spiro atoms. The van der Waals surface area contributed by atoms with E-state index in [0.717, 1.165) is 0 Å². The van der Waals surface area contributed by atoms with E-state index in [0.29, 0.717) is 5.69 Å². The molecule has 0 saturated carbocycles. The highest BCUT2D eigenvalue weighted by molar-refractivity contribution is 6.31. The van der Waals surface area contributed by atoms with Crippen molar-refractivity contribution >= 4 is 17.6 Å². The Morgan fingerprint density at radius 1 is 1.47 bits per heavy atom. The second-order valence-electron chi connectivity index (χ2n) is 4.29. The SMILES string of the molecule is CC(C)(C)c1[nH]c(=O)c(C(=O)O)cc1Cl. The number of hydrogen-bond donors (Lipinski definition) is 2. The summed E-state index contributed by atoms with van der Waals surface area (Å²) in [5, 5.41) is 8.97. The van der Waals surface area contributed by atoms with Crippen LogP contribution in [0.15, 0.2) is 10.9 Å². The van der Waals surface area contributed by atoms with E-state index in [9.17, 15) is 9.59 Å². The van der Waals surface area contributed by atoms with Crippen molar-refractivity contribution in [3.05, 3.63) is 32.7 Å². The summed E-state index contributed by atoms with van der Waals surface area (Å²) < 4.78 is 0. The minimum Gasteiger partial charge on any atom is -0.477 e. The van der Waals surface area contributed by atoms with Crippen molar-refractivity contribution in [2.24, 2.45) is 0 Å². The lowest BCUT2D eigenvalue weighted by Gasteiger charge is -2.19. The fraction of sp³-hybridized carbons (Fsp3) is 0.400. The Kier molecular flexibility index (Phi) is 2.90. The number of aromatic carboxylic acids is 1. The van der Waals surface area contributed by atoms with Gasteiger partial charge in [-0.1, -0.05) is 32.4 Å². The Bertz CT molecular complexity index is 457. The zero-order valence-electron chi connectivity index (χ0n) is 8.72.